The van der Waals surface area contributed by atoms with Gasteiger partial charge in [0.2, 0.25) is 0 Å². The lowest BCUT2D eigenvalue weighted by molar-refractivity contribution is -0.0330. The van der Waals surface area contributed by atoms with E-state index < -0.39 is 12.7 Å². The summed E-state index contributed by atoms with van der Waals surface area (Å²) in [5.74, 6) is 0.509. The smallest absolute Gasteiger partial charge is 0.447 e. The van der Waals surface area contributed by atoms with Crippen molar-refractivity contribution in [1.82, 2.24) is 14.2 Å². The number of halogens is 3. The van der Waals surface area contributed by atoms with E-state index in [0.717, 1.165) is 43.6 Å². The summed E-state index contributed by atoms with van der Waals surface area (Å²) < 4.78 is 79.9. The van der Waals surface area contributed by atoms with Crippen molar-refractivity contribution >= 4 is 41.1 Å². The van der Waals surface area contributed by atoms with Crippen molar-refractivity contribution in [3.63, 3.8) is 0 Å². The maximum absolute atomic E-state index is 14.0. The van der Waals surface area contributed by atoms with Gasteiger partial charge in [0.1, 0.15) is 12.9 Å². The number of aromatic nitrogens is 1. The van der Waals surface area contributed by atoms with E-state index in [1.807, 2.05) is 24.3 Å². The first-order valence-corrected chi connectivity index (χ1v) is 19.9. The minimum absolute atomic E-state index is 0.105. The predicted octanol–water partition coefficient (Wildman–Crippen LogP) is 5.66. The molecule has 10 nitrogen and oxygen atoms in total. The molecule has 272 valence electrons. The molecule has 6 bridgehead atoms. The first kappa shape index (κ1) is 37.8. The fourth-order valence-corrected chi connectivity index (χ4v) is 9.58. The van der Waals surface area contributed by atoms with E-state index in [0.29, 0.717) is 94.1 Å². The number of alkyl halides is 3. The Kier molecular flexibility index (Phi) is 14.0. The largest absolute Gasteiger partial charge is 0.495 e. The Morgan fingerprint density at radius 2 is 1.61 bits per heavy atom. The number of fused-ring (bicyclic) bond motifs is 2. The molecule has 0 saturated carbocycles. The van der Waals surface area contributed by atoms with Gasteiger partial charge in [-0.25, -0.2) is 0 Å². The summed E-state index contributed by atoms with van der Waals surface area (Å²) >= 11 is -0.117. The number of methoxy groups -OCH3 is 1. The maximum Gasteiger partial charge on any atom is 0.447 e. The number of likely N-dealkylation sites (N-methyl/N-ethyl adjacent to an activating group) is 1. The highest BCUT2D eigenvalue weighted by molar-refractivity contribution is 8.00. The number of hydrogen-bond donors (Lipinski definition) is 2. The maximum atomic E-state index is 14.0. The van der Waals surface area contributed by atoms with Crippen LogP contribution in [0.1, 0.15) is 18.9 Å². The van der Waals surface area contributed by atoms with Gasteiger partial charge >= 0.3 is 5.51 Å². The summed E-state index contributed by atoms with van der Waals surface area (Å²) in [5, 5.41) is 7.60. The van der Waals surface area contributed by atoms with E-state index in [2.05, 4.69) is 27.4 Å². The molecule has 0 atom stereocenters. The Morgan fingerprint density at radius 1 is 0.898 bits per heavy atom. The molecule has 7 rings (SSSR count). The molecule has 0 unspecified atom stereocenters. The molecule has 1 saturated heterocycles. The van der Waals surface area contributed by atoms with Gasteiger partial charge in [-0.1, -0.05) is 6.92 Å². The summed E-state index contributed by atoms with van der Waals surface area (Å²) in [6.45, 7) is 11.0. The number of nitrogens with one attached hydrogen (secondary N) is 2. The normalized spacial score (nSPS) is 23.2. The summed E-state index contributed by atoms with van der Waals surface area (Å²) in [6.07, 6.45) is 3.65. The van der Waals surface area contributed by atoms with Crippen LogP contribution >= 0.6 is 18.9 Å². The number of ether oxygens (including phenoxy) is 4. The number of nitrogens with zero attached hydrogens (tertiary/aromatic N) is 3. The molecule has 6 heterocycles. The number of pyridine rings is 1. The Labute approximate surface area is 291 Å². The van der Waals surface area contributed by atoms with E-state index in [1.54, 1.807) is 29.8 Å². The molecule has 1 aromatic carbocycles. The zero-order valence-corrected chi connectivity index (χ0v) is 30.1. The van der Waals surface area contributed by atoms with Crippen LogP contribution in [0.4, 0.5) is 24.5 Å². The average molecular weight is 728 g/mol. The van der Waals surface area contributed by atoms with E-state index in [1.165, 1.54) is 0 Å². The molecule has 4 aliphatic rings. The summed E-state index contributed by atoms with van der Waals surface area (Å²) in [7, 11) is -1.09. The van der Waals surface area contributed by atoms with Crippen LogP contribution in [-0.2, 0) is 25.3 Å². The quantitative estimate of drug-likeness (QED) is 0.260. The van der Waals surface area contributed by atoms with Gasteiger partial charge < -0.3 is 48.3 Å². The average Bonchev–Trinajstić information content (AvgIpc) is 3.43. The van der Waals surface area contributed by atoms with Crippen molar-refractivity contribution in [2.45, 2.75) is 30.4 Å². The molecule has 0 radical (unpaired) electrons. The van der Waals surface area contributed by atoms with E-state index in [4.69, 9.17) is 18.9 Å². The molecule has 0 spiro atoms. The second-order valence-electron chi connectivity index (χ2n) is 12.2. The van der Waals surface area contributed by atoms with Crippen molar-refractivity contribution in [3.05, 3.63) is 48.2 Å². The highest BCUT2D eigenvalue weighted by Gasteiger charge is 2.33. The van der Waals surface area contributed by atoms with Crippen molar-refractivity contribution in [2.75, 3.05) is 116 Å². The van der Waals surface area contributed by atoms with Gasteiger partial charge in [-0.3, -0.25) is 0 Å². The molecule has 1 fully saturated rings. The van der Waals surface area contributed by atoms with E-state index >= 15 is 0 Å². The Bertz CT molecular complexity index is 1530. The van der Waals surface area contributed by atoms with Gasteiger partial charge in [0.25, 0.3) is 0 Å². The van der Waals surface area contributed by atoms with Crippen LogP contribution in [0.25, 0.3) is 5.52 Å². The third-order valence-electron chi connectivity index (χ3n) is 8.99. The van der Waals surface area contributed by atoms with Crippen molar-refractivity contribution in [2.24, 2.45) is 0 Å². The summed E-state index contributed by atoms with van der Waals surface area (Å²) in [4.78, 5) is 4.59. The molecular weight excluding hydrogens is 678 g/mol. The molecule has 15 heteroatoms. The fraction of sp³-hybridized carbons (Fsp3) is 0.588. The lowest BCUT2D eigenvalue weighted by atomic mass is 10.2. The number of thioether (sulfide) groups is 1. The molecule has 2 N–H and O–H groups in total. The first-order valence-electron chi connectivity index (χ1n) is 17.0. The first-order chi connectivity index (χ1) is 23.7. The third-order valence-corrected chi connectivity index (χ3v) is 12.9. The number of rotatable bonds is 3. The van der Waals surface area contributed by atoms with Crippen LogP contribution in [0.2, 0.25) is 0 Å². The van der Waals surface area contributed by atoms with Gasteiger partial charge in [-0.15, -0.1) is 0 Å². The minimum Gasteiger partial charge on any atom is -0.495 e. The fourth-order valence-electron chi connectivity index (χ4n) is 6.19. The number of hydrogen-bond acceptors (Lipinski definition) is 10. The molecule has 0 aliphatic carbocycles. The zero-order chi connectivity index (χ0) is 34.7. The molecule has 0 amide bonds. The highest BCUT2D eigenvalue weighted by Crippen LogP contribution is 2.47. The van der Waals surface area contributed by atoms with Crippen LogP contribution in [0.15, 0.2) is 47.6 Å². The van der Waals surface area contributed by atoms with Crippen LogP contribution in [0.3, 0.4) is 0 Å². The van der Waals surface area contributed by atoms with E-state index in [-0.39, 0.29) is 23.3 Å². The molecule has 2 aromatic heterocycles. The number of benzene rings is 1. The van der Waals surface area contributed by atoms with Crippen molar-refractivity contribution in [3.8, 4) is 5.75 Å². The summed E-state index contributed by atoms with van der Waals surface area (Å²) in [6, 6.07) is 11.0. The summed E-state index contributed by atoms with van der Waals surface area (Å²) in [5.41, 5.74) is -1.88. The van der Waals surface area contributed by atoms with Gasteiger partial charge in [0.05, 0.1) is 68.7 Å². The zero-order valence-electron chi connectivity index (χ0n) is 28.4. The van der Waals surface area contributed by atoms with Gasteiger partial charge in [0, 0.05) is 80.4 Å². The van der Waals surface area contributed by atoms with Crippen LogP contribution < -0.4 is 20.7 Å². The molecular formula is C34H49F3N5O5PS. The topological polar surface area (TPSA) is 88.9 Å². The Balaban J connectivity index is 1.35. The van der Waals surface area contributed by atoms with Crippen LogP contribution in [0.5, 0.6) is 5.75 Å². The minimum atomic E-state index is -4.46. The van der Waals surface area contributed by atoms with Crippen molar-refractivity contribution in [1.29, 1.82) is 0 Å². The lowest BCUT2D eigenvalue weighted by Crippen LogP contribution is -2.39. The SMILES string of the molecule is CCN1CCCNc2cccn3c(SC(F)(F)F)c(cc23)CNc2ccc(cc2OC)P2(=O)CCN(CCOCCOCCOCC1)CC2. The second-order valence-corrected chi connectivity index (χ2v) is 16.4. The van der Waals surface area contributed by atoms with Crippen molar-refractivity contribution < 1.29 is 36.7 Å². The molecule has 49 heavy (non-hydrogen) atoms. The lowest BCUT2D eigenvalue weighted by Gasteiger charge is -2.32. The Morgan fingerprint density at radius 3 is 2.31 bits per heavy atom. The van der Waals surface area contributed by atoms with E-state index in [9.17, 15) is 17.7 Å². The predicted molar refractivity (Wildman–Crippen MR) is 191 cm³/mol. The third kappa shape index (κ3) is 10.8. The van der Waals surface area contributed by atoms with Crippen LogP contribution in [-0.4, -0.2) is 125 Å². The standard InChI is InChI=1S/C34H49F3N5O5PS/c1-3-40-10-5-9-38-29-6-4-11-42-31(29)24-27(33(42)49-34(35,36)37)26-39-30-8-7-28(25-32(30)44-2)48(43)22-14-41(15-23-48)13-17-46-19-21-47-20-18-45-16-12-40/h4,6-8,11,24-25,38-39H,3,5,9-10,12-23,26H2,1-2H3. The Hall–Kier alpha value is -2.45. The monoisotopic (exact) mass is 727 g/mol. The molecule has 4 aliphatic heterocycles. The van der Waals surface area contributed by atoms with Gasteiger partial charge in [0.15, 0.2) is 0 Å². The second kappa shape index (κ2) is 18.2. The highest BCUT2D eigenvalue weighted by atomic mass is 32.2. The molecule has 3 aromatic rings. The van der Waals surface area contributed by atoms with Gasteiger partial charge in [-0.2, -0.15) is 13.2 Å². The van der Waals surface area contributed by atoms with Crippen LogP contribution in [0, 0.1) is 0 Å². The van der Waals surface area contributed by atoms with Gasteiger partial charge in [-0.05, 0) is 55.9 Å². The number of anilines is 2.